The van der Waals surface area contributed by atoms with Gasteiger partial charge >= 0.3 is 0 Å². The van der Waals surface area contributed by atoms with E-state index in [0.717, 1.165) is 4.88 Å². The summed E-state index contributed by atoms with van der Waals surface area (Å²) in [6.07, 6.45) is 1.73. The first-order valence-corrected chi connectivity index (χ1v) is 10.7. The number of thiophene rings is 1. The fourth-order valence-electron chi connectivity index (χ4n) is 3.60. The lowest BCUT2D eigenvalue weighted by molar-refractivity contribution is -0.118. The van der Waals surface area contributed by atoms with E-state index in [4.69, 9.17) is 27.7 Å². The smallest absolute Gasteiger partial charge is 0.260 e. The Balaban J connectivity index is 1.58. The highest BCUT2D eigenvalue weighted by atomic mass is 35.5. The van der Waals surface area contributed by atoms with Crippen molar-refractivity contribution < 1.29 is 9.32 Å². The van der Waals surface area contributed by atoms with Gasteiger partial charge in [0, 0.05) is 4.88 Å². The number of allylic oxidation sites excluding steroid dienone is 1. The largest absolute Gasteiger partial charge is 0.334 e. The number of nitrogens with one attached hydrogen (secondary N) is 1. The molecule has 1 aromatic carbocycles. The zero-order valence-corrected chi connectivity index (χ0v) is 18.4. The Morgan fingerprint density at radius 3 is 2.69 bits per heavy atom. The second kappa shape index (κ2) is 7.59. The molecule has 3 aromatic rings. The topological polar surface area (TPSA) is 68.0 Å². The van der Waals surface area contributed by atoms with Crippen molar-refractivity contribution in [2.45, 2.75) is 20.8 Å². The molecular formula is C21H19Cl2N3O2S. The quantitative estimate of drug-likeness (QED) is 0.497. The number of benzene rings is 1. The van der Waals surface area contributed by atoms with E-state index in [2.05, 4.69) is 15.5 Å². The van der Waals surface area contributed by atoms with E-state index in [1.54, 1.807) is 17.4 Å². The molecule has 8 heteroatoms. The molecule has 4 rings (SSSR count). The molecule has 0 radical (unpaired) electrons. The maximum atomic E-state index is 12.9. The Labute approximate surface area is 182 Å². The molecule has 29 heavy (non-hydrogen) atoms. The summed E-state index contributed by atoms with van der Waals surface area (Å²) in [6, 6.07) is 11.4. The maximum Gasteiger partial charge on any atom is 0.260 e. The normalized spacial score (nSPS) is 19.6. The summed E-state index contributed by atoms with van der Waals surface area (Å²) in [6.45, 7) is 6.07. The first-order chi connectivity index (χ1) is 13.8. The van der Waals surface area contributed by atoms with Crippen molar-refractivity contribution in [1.82, 2.24) is 10.1 Å². The molecule has 0 bridgehead atoms. The summed E-state index contributed by atoms with van der Waals surface area (Å²) < 4.78 is 5.66. The SMILES string of the molecule is Cc1ccc(-c2noc(-c3ccccc3NC(=O)C3C(C=C(Cl)Cl)C3(C)C)n2)s1. The number of carbonyl (C=O) groups is 1. The zero-order valence-electron chi connectivity index (χ0n) is 16.1. The van der Waals surface area contributed by atoms with Gasteiger partial charge in [0.1, 0.15) is 4.49 Å². The summed E-state index contributed by atoms with van der Waals surface area (Å²) in [5.41, 5.74) is 1.09. The molecule has 0 aliphatic heterocycles. The first kappa shape index (κ1) is 20.1. The van der Waals surface area contributed by atoms with E-state index in [9.17, 15) is 4.79 Å². The lowest BCUT2D eigenvalue weighted by Crippen LogP contribution is -2.17. The van der Waals surface area contributed by atoms with Crippen molar-refractivity contribution in [1.29, 1.82) is 0 Å². The van der Waals surface area contributed by atoms with E-state index in [1.807, 2.05) is 57.2 Å². The number of nitrogens with zero attached hydrogens (tertiary/aromatic N) is 2. The number of rotatable bonds is 5. The van der Waals surface area contributed by atoms with Gasteiger partial charge in [-0.1, -0.05) is 54.3 Å². The van der Waals surface area contributed by atoms with Crippen LogP contribution >= 0.6 is 34.5 Å². The minimum absolute atomic E-state index is 0.00302. The highest BCUT2D eigenvalue weighted by Crippen LogP contribution is 2.60. The monoisotopic (exact) mass is 447 g/mol. The van der Waals surface area contributed by atoms with Crippen molar-refractivity contribution in [2.24, 2.45) is 17.3 Å². The molecule has 1 aliphatic carbocycles. The summed E-state index contributed by atoms with van der Waals surface area (Å²) in [5, 5.41) is 7.09. The van der Waals surface area contributed by atoms with Crippen LogP contribution in [0.25, 0.3) is 22.2 Å². The average Bonchev–Trinajstić information content (AvgIpc) is 3.08. The van der Waals surface area contributed by atoms with Crippen LogP contribution in [-0.4, -0.2) is 16.0 Å². The Morgan fingerprint density at radius 2 is 2.00 bits per heavy atom. The Morgan fingerprint density at radius 1 is 1.24 bits per heavy atom. The van der Waals surface area contributed by atoms with Gasteiger partial charge in [-0.15, -0.1) is 11.3 Å². The van der Waals surface area contributed by atoms with Gasteiger partial charge in [-0.3, -0.25) is 4.79 Å². The van der Waals surface area contributed by atoms with Gasteiger partial charge in [-0.25, -0.2) is 0 Å². The van der Waals surface area contributed by atoms with Crippen LogP contribution in [0.1, 0.15) is 18.7 Å². The summed E-state index contributed by atoms with van der Waals surface area (Å²) in [5.74, 6) is 0.584. The van der Waals surface area contributed by atoms with E-state index >= 15 is 0 Å². The van der Waals surface area contributed by atoms with Crippen LogP contribution in [0.4, 0.5) is 5.69 Å². The molecule has 0 saturated heterocycles. The predicted molar refractivity (Wildman–Crippen MR) is 117 cm³/mol. The number of carbonyl (C=O) groups excluding carboxylic acids is 1. The van der Waals surface area contributed by atoms with Crippen molar-refractivity contribution in [3.63, 3.8) is 0 Å². The summed E-state index contributed by atoms with van der Waals surface area (Å²) in [4.78, 5) is 19.5. The Kier molecular flexibility index (Phi) is 5.27. The molecule has 150 valence electrons. The average molecular weight is 448 g/mol. The van der Waals surface area contributed by atoms with Crippen molar-refractivity contribution in [3.8, 4) is 22.2 Å². The molecule has 1 amide bonds. The minimum atomic E-state index is -0.213. The van der Waals surface area contributed by atoms with Gasteiger partial charge in [0.15, 0.2) is 0 Å². The Hall–Kier alpha value is -2.15. The molecule has 1 aliphatic rings. The first-order valence-electron chi connectivity index (χ1n) is 9.11. The number of halogens is 2. The molecule has 2 atom stereocenters. The van der Waals surface area contributed by atoms with E-state index in [1.165, 1.54) is 4.88 Å². The highest BCUT2D eigenvalue weighted by molar-refractivity contribution is 7.15. The number of amides is 1. The standard InChI is InChI=1S/C21H19Cl2N3O2S/c1-11-8-9-15(29-11)18-25-20(28-26-18)12-6-4-5-7-14(12)24-19(27)17-13(10-16(22)23)21(17,2)3/h4-10,13,17H,1-3H3,(H,24,27). The third-order valence-electron chi connectivity index (χ3n) is 5.30. The number of hydrogen-bond acceptors (Lipinski definition) is 5. The van der Waals surface area contributed by atoms with Gasteiger partial charge in [-0.05, 0) is 48.6 Å². The van der Waals surface area contributed by atoms with Gasteiger partial charge in [-0.2, -0.15) is 4.98 Å². The number of hydrogen-bond donors (Lipinski definition) is 1. The lowest BCUT2D eigenvalue weighted by atomic mass is 10.1. The van der Waals surface area contributed by atoms with Crippen LogP contribution in [0.2, 0.25) is 0 Å². The molecule has 2 unspecified atom stereocenters. The van der Waals surface area contributed by atoms with Gasteiger partial charge in [0.2, 0.25) is 11.7 Å². The van der Waals surface area contributed by atoms with E-state index < -0.39 is 0 Å². The fourth-order valence-corrected chi connectivity index (χ4v) is 4.67. The maximum absolute atomic E-state index is 12.9. The molecule has 1 fully saturated rings. The van der Waals surface area contributed by atoms with E-state index in [-0.39, 0.29) is 27.6 Å². The minimum Gasteiger partial charge on any atom is -0.334 e. The summed E-state index contributed by atoms with van der Waals surface area (Å²) >= 11 is 13.2. The lowest BCUT2D eigenvalue weighted by Gasteiger charge is -2.09. The molecule has 2 heterocycles. The third-order valence-corrected chi connectivity index (χ3v) is 6.55. The number of aryl methyl sites for hydroxylation is 1. The predicted octanol–water partition coefficient (Wildman–Crippen LogP) is 6.30. The van der Waals surface area contributed by atoms with Gasteiger partial charge < -0.3 is 9.84 Å². The second-order valence-electron chi connectivity index (χ2n) is 7.65. The molecule has 5 nitrogen and oxygen atoms in total. The van der Waals surface area contributed by atoms with Crippen molar-refractivity contribution in [3.05, 3.63) is 51.8 Å². The second-order valence-corrected chi connectivity index (χ2v) is 9.95. The van der Waals surface area contributed by atoms with Crippen molar-refractivity contribution in [2.75, 3.05) is 5.32 Å². The van der Waals surface area contributed by atoms with Gasteiger partial charge in [0.05, 0.1) is 22.0 Å². The van der Waals surface area contributed by atoms with E-state index in [0.29, 0.717) is 23.0 Å². The van der Waals surface area contributed by atoms with Crippen molar-refractivity contribution >= 4 is 46.1 Å². The van der Waals surface area contributed by atoms with Gasteiger partial charge in [0.25, 0.3) is 5.89 Å². The number of para-hydroxylation sites is 1. The molecular weight excluding hydrogens is 429 g/mol. The van der Waals surface area contributed by atoms with Crippen LogP contribution < -0.4 is 5.32 Å². The van der Waals surface area contributed by atoms with Crippen LogP contribution in [0.5, 0.6) is 0 Å². The van der Waals surface area contributed by atoms with Crippen LogP contribution in [0, 0.1) is 24.2 Å². The zero-order chi connectivity index (χ0) is 20.8. The number of anilines is 1. The number of aromatic nitrogens is 2. The molecule has 2 aromatic heterocycles. The summed E-state index contributed by atoms with van der Waals surface area (Å²) in [7, 11) is 0. The Bertz CT molecular complexity index is 1100. The molecule has 1 N–H and O–H groups in total. The fraction of sp³-hybridized carbons (Fsp3) is 0.286. The molecule has 0 spiro atoms. The third kappa shape index (κ3) is 3.97. The molecule has 1 saturated carbocycles. The van der Waals surface area contributed by atoms with Crippen LogP contribution in [0.3, 0.4) is 0 Å². The van der Waals surface area contributed by atoms with Crippen LogP contribution in [-0.2, 0) is 4.79 Å². The highest BCUT2D eigenvalue weighted by Gasteiger charge is 2.60. The van der Waals surface area contributed by atoms with Crippen LogP contribution in [0.15, 0.2) is 51.5 Å².